The summed E-state index contributed by atoms with van der Waals surface area (Å²) in [5.74, 6) is 0.812. The Morgan fingerprint density at radius 3 is 2.96 bits per heavy atom. The van der Waals surface area contributed by atoms with Crippen LogP contribution in [0.5, 0.6) is 5.75 Å². The van der Waals surface area contributed by atoms with E-state index in [2.05, 4.69) is 5.10 Å². The van der Waals surface area contributed by atoms with E-state index in [1.807, 2.05) is 61.9 Å². The Kier molecular flexibility index (Phi) is 3.10. The lowest BCUT2D eigenvalue weighted by molar-refractivity contribution is 0.0410. The molecule has 0 spiro atoms. The zero-order chi connectivity index (χ0) is 18.1. The molecule has 0 N–H and O–H groups in total. The molecule has 1 aromatic carbocycles. The second-order valence-electron chi connectivity index (χ2n) is 7.05. The molecule has 7 heteroatoms. The first kappa shape index (κ1) is 15.6. The second-order valence-corrected chi connectivity index (χ2v) is 8.06. The minimum Gasteiger partial charge on any atom is -0.466 e. The van der Waals surface area contributed by atoms with Crippen molar-refractivity contribution in [3.63, 3.8) is 0 Å². The normalized spacial score (nSPS) is 23.8. The van der Waals surface area contributed by atoms with Crippen LogP contribution in [-0.2, 0) is 7.05 Å². The number of hydrogen-bond acceptors (Lipinski definition) is 5. The van der Waals surface area contributed by atoms with Crippen LogP contribution < -0.4 is 19.6 Å². The van der Waals surface area contributed by atoms with Gasteiger partial charge in [-0.2, -0.15) is 5.10 Å². The maximum atomic E-state index is 13.2. The van der Waals surface area contributed by atoms with E-state index in [0.717, 1.165) is 22.7 Å². The van der Waals surface area contributed by atoms with Gasteiger partial charge in [-0.3, -0.25) is 14.0 Å². The highest BCUT2D eigenvalue weighted by Gasteiger charge is 2.42. The number of aryl methyl sites for hydroxylation is 2. The summed E-state index contributed by atoms with van der Waals surface area (Å²) >= 11 is 1.41. The van der Waals surface area contributed by atoms with E-state index in [1.54, 1.807) is 4.68 Å². The van der Waals surface area contributed by atoms with Gasteiger partial charge in [0, 0.05) is 19.0 Å². The van der Waals surface area contributed by atoms with Gasteiger partial charge in [0.05, 0.1) is 22.0 Å². The molecule has 0 radical (unpaired) electrons. The molecule has 5 rings (SSSR count). The van der Waals surface area contributed by atoms with E-state index < -0.39 is 5.72 Å². The van der Waals surface area contributed by atoms with Gasteiger partial charge < -0.3 is 4.74 Å². The number of nitrogens with zero attached hydrogens (tertiary/aromatic N) is 4. The average molecular weight is 366 g/mol. The standard InChI is InChI=1S/C19H18N4O2S/c1-11-8-12(22(3)21-11)9-16-17(24)23-14-10-19(2,20-18(23)26-16)25-15-7-5-4-6-13(14)15/h4-9,14H,10H2,1-3H3/b16-9-/t14-,19-/m1/s1. The maximum absolute atomic E-state index is 13.2. The Hall–Kier alpha value is -2.67. The van der Waals surface area contributed by atoms with E-state index in [0.29, 0.717) is 15.8 Å². The van der Waals surface area contributed by atoms with E-state index in [-0.39, 0.29) is 11.6 Å². The molecule has 26 heavy (non-hydrogen) atoms. The molecule has 6 nitrogen and oxygen atoms in total. The molecule has 2 aromatic heterocycles. The summed E-state index contributed by atoms with van der Waals surface area (Å²) in [5, 5.41) is 4.35. The van der Waals surface area contributed by atoms with Crippen molar-refractivity contribution in [1.82, 2.24) is 14.3 Å². The third-order valence-corrected chi connectivity index (χ3v) is 5.96. The van der Waals surface area contributed by atoms with Crippen LogP contribution >= 0.6 is 11.3 Å². The third kappa shape index (κ3) is 2.20. The van der Waals surface area contributed by atoms with Crippen molar-refractivity contribution >= 4 is 17.4 Å². The fourth-order valence-corrected chi connectivity index (χ4v) is 4.95. The van der Waals surface area contributed by atoms with Crippen LogP contribution in [0.25, 0.3) is 6.08 Å². The van der Waals surface area contributed by atoms with Crippen molar-refractivity contribution in [3.8, 4) is 5.75 Å². The molecule has 0 fully saturated rings. The number of fused-ring (bicyclic) bond motifs is 6. The van der Waals surface area contributed by atoms with Crippen LogP contribution in [0.15, 0.2) is 40.1 Å². The van der Waals surface area contributed by atoms with Crippen LogP contribution in [0.1, 0.15) is 36.3 Å². The zero-order valence-electron chi connectivity index (χ0n) is 14.8. The Morgan fingerprint density at radius 1 is 1.38 bits per heavy atom. The van der Waals surface area contributed by atoms with E-state index in [9.17, 15) is 4.79 Å². The Labute approximate surface area is 153 Å². The summed E-state index contributed by atoms with van der Waals surface area (Å²) in [6, 6.07) is 9.84. The third-order valence-electron chi connectivity index (χ3n) is 4.98. The minimum atomic E-state index is -0.628. The SMILES string of the molecule is Cc1cc(/C=c2\sc3n(c2=O)[C@@H]2C[C@](C)(N=3)Oc3ccccc32)n(C)n1. The van der Waals surface area contributed by atoms with Crippen LogP contribution in [-0.4, -0.2) is 20.1 Å². The van der Waals surface area contributed by atoms with Gasteiger partial charge in [0.2, 0.25) is 5.72 Å². The van der Waals surface area contributed by atoms with Crippen molar-refractivity contribution in [3.05, 3.63) is 67.0 Å². The zero-order valence-corrected chi connectivity index (χ0v) is 15.6. The molecule has 0 saturated carbocycles. The molecule has 0 unspecified atom stereocenters. The Morgan fingerprint density at radius 2 is 2.19 bits per heavy atom. The van der Waals surface area contributed by atoms with Gasteiger partial charge in [-0.15, -0.1) is 0 Å². The van der Waals surface area contributed by atoms with Crippen LogP contribution in [0, 0.1) is 6.92 Å². The lowest BCUT2D eigenvalue weighted by atomic mass is 9.93. The number of rotatable bonds is 1. The molecule has 0 amide bonds. The molecule has 2 atom stereocenters. The monoisotopic (exact) mass is 366 g/mol. The molecule has 0 aliphatic carbocycles. The molecule has 0 saturated heterocycles. The molecule has 2 aliphatic rings. The van der Waals surface area contributed by atoms with E-state index in [4.69, 9.17) is 9.73 Å². The molecule has 3 aromatic rings. The Bertz CT molecular complexity index is 1220. The Balaban J connectivity index is 1.77. The molecule has 132 valence electrons. The van der Waals surface area contributed by atoms with Gasteiger partial charge in [-0.05, 0) is 32.1 Å². The number of benzene rings is 1. The van der Waals surface area contributed by atoms with Crippen molar-refractivity contribution < 1.29 is 4.74 Å². The van der Waals surface area contributed by atoms with Gasteiger partial charge in [-0.25, -0.2) is 4.99 Å². The predicted octanol–water partition coefficient (Wildman–Crippen LogP) is 1.50. The first-order valence-corrected chi connectivity index (χ1v) is 9.37. The number of para-hydroxylation sites is 1. The molecular formula is C19H18N4O2S. The van der Waals surface area contributed by atoms with Crippen LogP contribution in [0.3, 0.4) is 0 Å². The first-order chi connectivity index (χ1) is 12.4. The summed E-state index contributed by atoms with van der Waals surface area (Å²) in [5.41, 5.74) is 2.25. The highest BCUT2D eigenvalue weighted by atomic mass is 32.1. The van der Waals surface area contributed by atoms with Crippen molar-refractivity contribution in [1.29, 1.82) is 0 Å². The number of thiazole rings is 1. The first-order valence-electron chi connectivity index (χ1n) is 8.55. The van der Waals surface area contributed by atoms with Gasteiger partial charge in [-0.1, -0.05) is 29.5 Å². The fourth-order valence-electron chi connectivity index (χ4n) is 3.84. The highest BCUT2D eigenvalue weighted by molar-refractivity contribution is 7.07. The fraction of sp³-hybridized carbons (Fsp3) is 0.316. The van der Waals surface area contributed by atoms with Crippen molar-refractivity contribution in [2.75, 3.05) is 0 Å². The summed E-state index contributed by atoms with van der Waals surface area (Å²) in [4.78, 5) is 18.6. The summed E-state index contributed by atoms with van der Waals surface area (Å²) in [6.45, 7) is 3.93. The van der Waals surface area contributed by atoms with Crippen molar-refractivity contribution in [2.24, 2.45) is 12.0 Å². The topological polar surface area (TPSA) is 61.4 Å². The smallest absolute Gasteiger partial charge is 0.270 e. The van der Waals surface area contributed by atoms with E-state index in [1.165, 1.54) is 11.3 Å². The highest BCUT2D eigenvalue weighted by Crippen LogP contribution is 2.42. The maximum Gasteiger partial charge on any atom is 0.270 e. The lowest BCUT2D eigenvalue weighted by Gasteiger charge is -2.39. The van der Waals surface area contributed by atoms with Gasteiger partial charge >= 0.3 is 0 Å². The summed E-state index contributed by atoms with van der Waals surface area (Å²) in [7, 11) is 1.88. The van der Waals surface area contributed by atoms with Gasteiger partial charge in [0.1, 0.15) is 5.75 Å². The lowest BCUT2D eigenvalue weighted by Crippen LogP contribution is -2.49. The van der Waals surface area contributed by atoms with Crippen LogP contribution in [0.4, 0.5) is 0 Å². The largest absolute Gasteiger partial charge is 0.466 e. The second kappa shape index (κ2) is 5.17. The minimum absolute atomic E-state index is 0.00337. The molecule has 4 heterocycles. The summed E-state index contributed by atoms with van der Waals surface area (Å²) < 4.78 is 10.4. The number of ether oxygens (including phenoxy) is 1. The predicted molar refractivity (Wildman–Crippen MR) is 99.1 cm³/mol. The number of aromatic nitrogens is 3. The molecule has 2 bridgehead atoms. The average Bonchev–Trinajstić information content (AvgIpc) is 3.05. The van der Waals surface area contributed by atoms with Crippen LogP contribution in [0.2, 0.25) is 0 Å². The molecule has 2 aliphatic heterocycles. The van der Waals surface area contributed by atoms with E-state index >= 15 is 0 Å². The quantitative estimate of drug-likeness (QED) is 0.656. The number of hydrogen-bond donors (Lipinski definition) is 0. The summed E-state index contributed by atoms with van der Waals surface area (Å²) in [6.07, 6.45) is 2.56. The molecular weight excluding hydrogens is 348 g/mol. The van der Waals surface area contributed by atoms with Gasteiger partial charge in [0.15, 0.2) is 4.80 Å². The van der Waals surface area contributed by atoms with Gasteiger partial charge in [0.25, 0.3) is 5.56 Å². The van der Waals surface area contributed by atoms with Crippen molar-refractivity contribution in [2.45, 2.75) is 32.0 Å².